The van der Waals surface area contributed by atoms with Gasteiger partial charge in [-0.05, 0) is 140 Å². The molecule has 0 spiro atoms. The molecule has 0 amide bonds. The Balaban J connectivity index is 1.22. The second-order valence-electron chi connectivity index (χ2n) is 13.2. The number of allylic oxidation sites excluding steroid dienone is 3. The molecule has 9 aromatic carbocycles. The summed E-state index contributed by atoms with van der Waals surface area (Å²) in [5.41, 5.74) is 11.0. The van der Waals surface area contributed by atoms with E-state index in [2.05, 4.69) is 146 Å². The predicted octanol–water partition coefficient (Wildman–Crippen LogP) is 12.7. The lowest BCUT2D eigenvalue weighted by atomic mass is 9.79. The minimum atomic E-state index is 0.988. The summed E-state index contributed by atoms with van der Waals surface area (Å²) in [6, 6.07) is 48.3. The van der Waals surface area contributed by atoms with Crippen LogP contribution in [0.1, 0.15) is 23.1 Å². The Kier molecular flexibility index (Phi) is 4.77. The first kappa shape index (κ1) is 24.6. The molecule has 0 atom stereocenters. The Morgan fingerprint density at radius 3 is 1.54 bits per heavy atom. The van der Waals surface area contributed by atoms with Crippen LogP contribution in [0.5, 0.6) is 0 Å². The van der Waals surface area contributed by atoms with E-state index in [1.54, 1.807) is 0 Å². The average molecular weight is 581 g/mol. The van der Waals surface area contributed by atoms with E-state index in [-0.39, 0.29) is 0 Å². The van der Waals surface area contributed by atoms with Gasteiger partial charge in [0.1, 0.15) is 0 Å². The predicted molar refractivity (Wildman–Crippen MR) is 199 cm³/mol. The van der Waals surface area contributed by atoms with Crippen molar-refractivity contribution in [3.8, 4) is 22.3 Å². The lowest BCUT2D eigenvalue weighted by Gasteiger charge is -2.25. The van der Waals surface area contributed by atoms with Crippen LogP contribution >= 0.6 is 0 Å². The van der Waals surface area contributed by atoms with Crippen LogP contribution in [0, 0.1) is 0 Å². The van der Waals surface area contributed by atoms with Crippen LogP contribution in [0.15, 0.2) is 140 Å². The van der Waals surface area contributed by atoms with Gasteiger partial charge < -0.3 is 0 Å². The first-order valence-corrected chi connectivity index (χ1v) is 16.4. The molecule has 0 radical (unpaired) electrons. The molecule has 0 heterocycles. The summed E-state index contributed by atoms with van der Waals surface area (Å²) >= 11 is 0. The van der Waals surface area contributed by atoms with E-state index >= 15 is 0 Å². The van der Waals surface area contributed by atoms with Crippen molar-refractivity contribution in [2.24, 2.45) is 0 Å². The molecular weight excluding hydrogens is 553 g/mol. The molecule has 0 N–H and O–H groups in total. The minimum absolute atomic E-state index is 0.988. The van der Waals surface area contributed by atoms with Gasteiger partial charge >= 0.3 is 0 Å². The summed E-state index contributed by atoms with van der Waals surface area (Å²) in [7, 11) is 0. The molecule has 212 valence electrons. The van der Waals surface area contributed by atoms with Gasteiger partial charge in [-0.1, -0.05) is 127 Å². The van der Waals surface area contributed by atoms with Crippen molar-refractivity contribution in [3.05, 3.63) is 156 Å². The number of fused-ring (bicyclic) bond motifs is 2. The van der Waals surface area contributed by atoms with E-state index in [0.29, 0.717) is 0 Å². The van der Waals surface area contributed by atoms with Crippen molar-refractivity contribution in [2.45, 2.75) is 12.8 Å². The molecule has 0 nitrogen and oxygen atoms in total. The zero-order valence-corrected chi connectivity index (χ0v) is 25.3. The van der Waals surface area contributed by atoms with E-state index < -0.39 is 0 Å². The highest BCUT2D eigenvalue weighted by molar-refractivity contribution is 6.26. The normalized spacial score (nSPS) is 14.0. The highest BCUT2D eigenvalue weighted by atomic mass is 14.3. The van der Waals surface area contributed by atoms with Gasteiger partial charge in [-0.3, -0.25) is 0 Å². The van der Waals surface area contributed by atoms with Gasteiger partial charge in [-0.2, -0.15) is 0 Å². The summed E-state index contributed by atoms with van der Waals surface area (Å²) < 4.78 is 0. The van der Waals surface area contributed by atoms with Crippen LogP contribution in [0.25, 0.3) is 98.5 Å². The van der Waals surface area contributed by atoms with Gasteiger partial charge in [0.25, 0.3) is 0 Å². The maximum absolute atomic E-state index is 2.48. The Labute approximate surface area is 266 Å². The van der Waals surface area contributed by atoms with Gasteiger partial charge in [0.05, 0.1) is 0 Å². The highest BCUT2D eigenvalue weighted by Crippen LogP contribution is 2.48. The van der Waals surface area contributed by atoms with E-state index in [1.807, 2.05) is 0 Å². The van der Waals surface area contributed by atoms with Crippen molar-refractivity contribution in [2.75, 3.05) is 0 Å². The fourth-order valence-corrected chi connectivity index (χ4v) is 8.84. The summed E-state index contributed by atoms with van der Waals surface area (Å²) in [5.74, 6) is 0. The van der Waals surface area contributed by atoms with Crippen LogP contribution < -0.4 is 0 Å². The van der Waals surface area contributed by atoms with Gasteiger partial charge in [-0.25, -0.2) is 0 Å². The second kappa shape index (κ2) is 8.93. The fourth-order valence-electron chi connectivity index (χ4n) is 8.84. The molecule has 0 aliphatic heterocycles. The largest absolute Gasteiger partial charge is 0.0795 e. The fraction of sp³-hybridized carbons (Fsp3) is 0.0435. The van der Waals surface area contributed by atoms with Crippen LogP contribution in [-0.4, -0.2) is 0 Å². The third-order valence-electron chi connectivity index (χ3n) is 10.7. The number of hydrogen-bond acceptors (Lipinski definition) is 0. The molecule has 2 aliphatic rings. The third-order valence-corrected chi connectivity index (χ3v) is 10.7. The molecule has 0 aromatic heterocycles. The molecule has 0 heteroatoms. The standard InChI is InChI=1S/C46H28/c1-2-12-38-37(11-1)45(35-23-31-19-15-27-7-5-8-28-16-20-32(24-35)43(31)41(27)28)39-13-3-4-14-40(39)46(38)36-25-33-21-17-29-9-6-10-30-18-22-34(26-36)44(33)42(29)30/h1-9,11-21,23-26H,10,22H2. The summed E-state index contributed by atoms with van der Waals surface area (Å²) in [6.45, 7) is 0. The summed E-state index contributed by atoms with van der Waals surface area (Å²) in [4.78, 5) is 0. The first-order valence-electron chi connectivity index (χ1n) is 16.4. The van der Waals surface area contributed by atoms with Crippen LogP contribution in [0.3, 0.4) is 0 Å². The minimum Gasteiger partial charge on any atom is -0.0795 e. The van der Waals surface area contributed by atoms with Crippen molar-refractivity contribution in [1.82, 2.24) is 0 Å². The molecular formula is C46H28. The summed E-state index contributed by atoms with van der Waals surface area (Å²) in [5, 5.41) is 16.0. The number of benzene rings is 9. The second-order valence-corrected chi connectivity index (χ2v) is 13.2. The van der Waals surface area contributed by atoms with Crippen LogP contribution in [0.4, 0.5) is 0 Å². The topological polar surface area (TPSA) is 0 Å². The van der Waals surface area contributed by atoms with Crippen molar-refractivity contribution in [3.63, 3.8) is 0 Å². The first-order chi connectivity index (χ1) is 22.8. The third kappa shape index (κ3) is 3.23. The average Bonchev–Trinajstić information content (AvgIpc) is 3.11. The Morgan fingerprint density at radius 2 is 0.913 bits per heavy atom. The smallest absolute Gasteiger partial charge is 0.00259 e. The molecule has 0 unspecified atom stereocenters. The van der Waals surface area contributed by atoms with Crippen molar-refractivity contribution in [1.29, 1.82) is 0 Å². The van der Waals surface area contributed by atoms with Gasteiger partial charge in [0.2, 0.25) is 0 Å². The maximum atomic E-state index is 2.48. The van der Waals surface area contributed by atoms with Crippen molar-refractivity contribution < 1.29 is 0 Å². The quantitative estimate of drug-likeness (QED) is 0.141. The molecule has 0 fully saturated rings. The van der Waals surface area contributed by atoms with Gasteiger partial charge in [-0.15, -0.1) is 0 Å². The molecule has 0 saturated heterocycles. The van der Waals surface area contributed by atoms with Crippen molar-refractivity contribution >= 4 is 76.3 Å². The van der Waals surface area contributed by atoms with E-state index in [1.165, 1.54) is 109 Å². The molecule has 9 aromatic rings. The van der Waals surface area contributed by atoms with E-state index in [0.717, 1.165) is 12.8 Å². The molecule has 2 aliphatic carbocycles. The highest BCUT2D eigenvalue weighted by Gasteiger charge is 2.23. The monoisotopic (exact) mass is 580 g/mol. The molecule has 0 bridgehead atoms. The molecule has 46 heavy (non-hydrogen) atoms. The molecule has 0 saturated carbocycles. The number of hydrogen-bond donors (Lipinski definition) is 0. The SMILES string of the molecule is C1=Cc2ccc3cc(-c4c5ccccc5c(-c5cc6ccc7cccc8ccc(c5)c6c78)c5ccccc45)cc4c3c2C(=CC4)C1. The number of rotatable bonds is 2. The van der Waals surface area contributed by atoms with Gasteiger partial charge in [0, 0.05) is 0 Å². The zero-order chi connectivity index (χ0) is 29.9. The lowest BCUT2D eigenvalue weighted by Crippen LogP contribution is -2.03. The van der Waals surface area contributed by atoms with E-state index in [4.69, 9.17) is 0 Å². The summed E-state index contributed by atoms with van der Waals surface area (Å²) in [6.07, 6.45) is 9.09. The van der Waals surface area contributed by atoms with E-state index in [9.17, 15) is 0 Å². The van der Waals surface area contributed by atoms with Gasteiger partial charge in [0.15, 0.2) is 0 Å². The lowest BCUT2D eigenvalue weighted by molar-refractivity contribution is 1.23. The van der Waals surface area contributed by atoms with Crippen LogP contribution in [-0.2, 0) is 6.42 Å². The molecule has 11 rings (SSSR count). The Hall–Kier alpha value is -5.72. The zero-order valence-electron chi connectivity index (χ0n) is 25.3. The van der Waals surface area contributed by atoms with Crippen LogP contribution in [0.2, 0.25) is 0 Å². The maximum Gasteiger partial charge on any atom is -0.00259 e. The Bertz CT molecular complexity index is 2720. The Morgan fingerprint density at radius 1 is 0.391 bits per heavy atom.